The van der Waals surface area contributed by atoms with Gasteiger partial charge in [0.05, 0.1) is 13.2 Å². The zero-order chi connectivity index (χ0) is 11.1. The first-order valence-corrected chi connectivity index (χ1v) is 5.47. The summed E-state index contributed by atoms with van der Waals surface area (Å²) in [5.74, 6) is 2.16. The van der Waals surface area contributed by atoms with Crippen LogP contribution in [0.2, 0.25) is 0 Å². The Morgan fingerprint density at radius 1 is 1.47 bits per heavy atom. The molecule has 1 atom stereocenters. The standard InChI is InChI=1S/C12H20O3/c1-4-5-6-7-8-13-9-11-10-14-12(2,3)15-11/h1,11H,5-10H2,2-3H3/t11-/m0/s1. The summed E-state index contributed by atoms with van der Waals surface area (Å²) >= 11 is 0. The summed E-state index contributed by atoms with van der Waals surface area (Å²) in [5.41, 5.74) is 0. The Bertz CT molecular complexity index is 217. The third-order valence-electron chi connectivity index (χ3n) is 2.23. The molecular weight excluding hydrogens is 192 g/mol. The highest BCUT2D eigenvalue weighted by Crippen LogP contribution is 2.22. The smallest absolute Gasteiger partial charge is 0.163 e. The topological polar surface area (TPSA) is 27.7 Å². The van der Waals surface area contributed by atoms with E-state index in [1.54, 1.807) is 0 Å². The highest BCUT2D eigenvalue weighted by molar-refractivity contribution is 4.82. The van der Waals surface area contributed by atoms with Crippen molar-refractivity contribution < 1.29 is 14.2 Å². The molecule has 3 nitrogen and oxygen atoms in total. The van der Waals surface area contributed by atoms with Gasteiger partial charge in [-0.3, -0.25) is 0 Å². The van der Waals surface area contributed by atoms with Gasteiger partial charge in [0.15, 0.2) is 5.79 Å². The summed E-state index contributed by atoms with van der Waals surface area (Å²) in [6.45, 7) is 5.82. The van der Waals surface area contributed by atoms with E-state index in [2.05, 4.69) is 5.92 Å². The molecule has 0 spiro atoms. The lowest BCUT2D eigenvalue weighted by Crippen LogP contribution is -2.24. The summed E-state index contributed by atoms with van der Waals surface area (Å²) in [6, 6.07) is 0. The Kier molecular flexibility index (Phi) is 5.10. The Labute approximate surface area is 92.1 Å². The average molecular weight is 212 g/mol. The van der Waals surface area contributed by atoms with Gasteiger partial charge in [0.2, 0.25) is 0 Å². The maximum absolute atomic E-state index is 5.60. The maximum Gasteiger partial charge on any atom is 0.163 e. The van der Waals surface area contributed by atoms with Crippen LogP contribution < -0.4 is 0 Å². The van der Waals surface area contributed by atoms with E-state index in [0.29, 0.717) is 13.2 Å². The predicted octanol–water partition coefficient (Wildman–Crippen LogP) is 1.96. The monoisotopic (exact) mass is 212 g/mol. The van der Waals surface area contributed by atoms with E-state index >= 15 is 0 Å². The van der Waals surface area contributed by atoms with Crippen molar-refractivity contribution in [2.75, 3.05) is 19.8 Å². The quantitative estimate of drug-likeness (QED) is 0.497. The van der Waals surface area contributed by atoms with Crippen molar-refractivity contribution in [3.8, 4) is 12.3 Å². The first kappa shape index (κ1) is 12.5. The first-order chi connectivity index (χ1) is 7.14. The van der Waals surface area contributed by atoms with Crippen molar-refractivity contribution in [3.63, 3.8) is 0 Å². The van der Waals surface area contributed by atoms with E-state index in [1.165, 1.54) is 0 Å². The predicted molar refractivity (Wildman–Crippen MR) is 58.4 cm³/mol. The number of ether oxygens (including phenoxy) is 3. The van der Waals surface area contributed by atoms with Crippen LogP contribution in [-0.2, 0) is 14.2 Å². The minimum absolute atomic E-state index is 0.0765. The Morgan fingerprint density at radius 3 is 2.87 bits per heavy atom. The van der Waals surface area contributed by atoms with E-state index in [0.717, 1.165) is 25.9 Å². The molecule has 1 rings (SSSR count). The normalized spacial score (nSPS) is 23.9. The van der Waals surface area contributed by atoms with Gasteiger partial charge in [-0.2, -0.15) is 0 Å². The maximum atomic E-state index is 5.60. The van der Waals surface area contributed by atoms with Crippen LogP contribution in [0.3, 0.4) is 0 Å². The molecular formula is C12H20O3. The molecule has 86 valence electrons. The van der Waals surface area contributed by atoms with Gasteiger partial charge in [-0.05, 0) is 26.7 Å². The van der Waals surface area contributed by atoms with Crippen LogP contribution in [0.4, 0.5) is 0 Å². The summed E-state index contributed by atoms with van der Waals surface area (Å²) in [4.78, 5) is 0. The van der Waals surface area contributed by atoms with Crippen LogP contribution in [0.15, 0.2) is 0 Å². The lowest BCUT2D eigenvalue weighted by Gasteiger charge is -2.16. The van der Waals surface area contributed by atoms with Crippen molar-refractivity contribution in [1.82, 2.24) is 0 Å². The Balaban J connectivity index is 1.95. The lowest BCUT2D eigenvalue weighted by molar-refractivity contribution is -0.145. The van der Waals surface area contributed by atoms with Gasteiger partial charge in [-0.25, -0.2) is 0 Å². The van der Waals surface area contributed by atoms with Crippen LogP contribution >= 0.6 is 0 Å². The van der Waals surface area contributed by atoms with Gasteiger partial charge < -0.3 is 14.2 Å². The largest absolute Gasteiger partial charge is 0.379 e. The molecule has 0 aromatic heterocycles. The van der Waals surface area contributed by atoms with Gasteiger partial charge in [0.25, 0.3) is 0 Å². The number of hydrogen-bond donors (Lipinski definition) is 0. The molecule has 0 radical (unpaired) electrons. The van der Waals surface area contributed by atoms with Crippen LogP contribution in [-0.4, -0.2) is 31.7 Å². The zero-order valence-electron chi connectivity index (χ0n) is 9.62. The van der Waals surface area contributed by atoms with Crippen LogP contribution in [0.25, 0.3) is 0 Å². The third kappa shape index (κ3) is 5.17. The molecule has 0 amide bonds. The fourth-order valence-electron chi connectivity index (χ4n) is 1.49. The summed E-state index contributed by atoms with van der Waals surface area (Å²) < 4.78 is 16.5. The second-order valence-electron chi connectivity index (χ2n) is 4.19. The van der Waals surface area contributed by atoms with E-state index in [9.17, 15) is 0 Å². The SMILES string of the molecule is C#CCCCCOC[C@H]1COC(C)(C)O1. The minimum atomic E-state index is -0.447. The zero-order valence-corrected chi connectivity index (χ0v) is 9.62. The molecule has 0 aromatic rings. The van der Waals surface area contributed by atoms with E-state index in [4.69, 9.17) is 20.6 Å². The van der Waals surface area contributed by atoms with Crippen LogP contribution in [0.1, 0.15) is 33.1 Å². The van der Waals surface area contributed by atoms with Crippen molar-refractivity contribution in [2.45, 2.75) is 45.0 Å². The summed E-state index contributed by atoms with van der Waals surface area (Å²) in [7, 11) is 0. The highest BCUT2D eigenvalue weighted by Gasteiger charge is 2.32. The van der Waals surface area contributed by atoms with Gasteiger partial charge in [-0.1, -0.05) is 0 Å². The average Bonchev–Trinajstić information content (AvgIpc) is 2.52. The van der Waals surface area contributed by atoms with Gasteiger partial charge >= 0.3 is 0 Å². The van der Waals surface area contributed by atoms with E-state index < -0.39 is 5.79 Å². The summed E-state index contributed by atoms with van der Waals surface area (Å²) in [5, 5.41) is 0. The molecule has 1 heterocycles. The molecule has 1 aliphatic rings. The van der Waals surface area contributed by atoms with Crippen LogP contribution in [0, 0.1) is 12.3 Å². The number of rotatable bonds is 6. The second kappa shape index (κ2) is 6.12. The molecule has 0 N–H and O–H groups in total. The fourth-order valence-corrected chi connectivity index (χ4v) is 1.49. The Morgan fingerprint density at radius 2 is 2.27 bits per heavy atom. The molecule has 1 saturated heterocycles. The molecule has 0 unspecified atom stereocenters. The van der Waals surface area contributed by atoms with Gasteiger partial charge in [-0.15, -0.1) is 12.3 Å². The number of terminal acetylenes is 1. The van der Waals surface area contributed by atoms with E-state index in [-0.39, 0.29) is 6.10 Å². The molecule has 0 bridgehead atoms. The molecule has 1 aliphatic heterocycles. The van der Waals surface area contributed by atoms with E-state index in [1.807, 2.05) is 13.8 Å². The molecule has 1 fully saturated rings. The van der Waals surface area contributed by atoms with Crippen LogP contribution in [0.5, 0.6) is 0 Å². The summed E-state index contributed by atoms with van der Waals surface area (Å²) in [6.07, 6.45) is 8.10. The first-order valence-electron chi connectivity index (χ1n) is 5.47. The minimum Gasteiger partial charge on any atom is -0.379 e. The highest BCUT2D eigenvalue weighted by atomic mass is 16.7. The van der Waals surface area contributed by atoms with Crippen molar-refractivity contribution in [3.05, 3.63) is 0 Å². The number of unbranched alkanes of at least 4 members (excludes halogenated alkanes) is 2. The molecule has 15 heavy (non-hydrogen) atoms. The van der Waals surface area contributed by atoms with Crippen molar-refractivity contribution >= 4 is 0 Å². The number of hydrogen-bond acceptors (Lipinski definition) is 3. The second-order valence-corrected chi connectivity index (χ2v) is 4.19. The van der Waals surface area contributed by atoms with Crippen molar-refractivity contribution in [1.29, 1.82) is 0 Å². The fraction of sp³-hybridized carbons (Fsp3) is 0.833. The van der Waals surface area contributed by atoms with Gasteiger partial charge in [0, 0.05) is 13.0 Å². The lowest BCUT2D eigenvalue weighted by atomic mass is 10.2. The van der Waals surface area contributed by atoms with Crippen molar-refractivity contribution in [2.24, 2.45) is 0 Å². The molecule has 0 saturated carbocycles. The molecule has 3 heteroatoms. The molecule has 0 aromatic carbocycles. The molecule has 0 aliphatic carbocycles. The van der Waals surface area contributed by atoms with Gasteiger partial charge in [0.1, 0.15) is 6.10 Å². The third-order valence-corrected chi connectivity index (χ3v) is 2.23. The Hall–Kier alpha value is -0.560.